The fourth-order valence-corrected chi connectivity index (χ4v) is 3.95. The third kappa shape index (κ3) is 3.08. The normalized spacial score (nSPS) is 19.4. The summed E-state index contributed by atoms with van der Waals surface area (Å²) in [7, 11) is 2.08. The highest BCUT2D eigenvalue weighted by atomic mass is 35.5. The molecule has 2 aromatic rings. The van der Waals surface area contributed by atoms with Crippen LogP contribution < -0.4 is 25.6 Å². The molecule has 7 heteroatoms. The van der Waals surface area contributed by atoms with E-state index in [1.807, 2.05) is 24.3 Å². The molecule has 6 nitrogen and oxygen atoms in total. The molecule has 2 saturated heterocycles. The van der Waals surface area contributed by atoms with E-state index in [0.717, 1.165) is 63.1 Å². The van der Waals surface area contributed by atoms with Crippen molar-refractivity contribution in [3.63, 3.8) is 0 Å². The summed E-state index contributed by atoms with van der Waals surface area (Å²) in [6.07, 6.45) is 0. The second-order valence-corrected chi connectivity index (χ2v) is 7.53. The molecule has 2 aromatic carbocycles. The largest absolute Gasteiger partial charge is 0.368 e. The smallest absolute Gasteiger partial charge is 0.253 e. The molecule has 26 heavy (non-hydrogen) atoms. The molecular weight excluding hydrogens is 352 g/mol. The number of hydrogen-bond acceptors (Lipinski definition) is 6. The van der Waals surface area contributed by atoms with Gasteiger partial charge in [0.15, 0.2) is 0 Å². The van der Waals surface area contributed by atoms with Crippen LogP contribution in [0, 0.1) is 0 Å². The van der Waals surface area contributed by atoms with Crippen LogP contribution in [0.25, 0.3) is 0 Å². The topological polar surface area (TPSA) is 47.1 Å². The molecule has 2 fully saturated rings. The van der Waals surface area contributed by atoms with Crippen LogP contribution >= 0.6 is 11.6 Å². The standard InChI is InChI=1S/C19H23ClN4O2/c1-21-6-8-23(9-7-21)16-17(19(26)18(16)25)24-12-10-22(11-13-24)15-4-2-14(20)3-5-15/h2-5H,6-13H2,1H3. The number of nitrogens with zero attached hydrogens (tertiary/aromatic N) is 4. The minimum atomic E-state index is -0.320. The van der Waals surface area contributed by atoms with E-state index in [2.05, 4.69) is 26.6 Å². The van der Waals surface area contributed by atoms with Crippen LogP contribution in [0.15, 0.2) is 33.9 Å². The van der Waals surface area contributed by atoms with E-state index in [-0.39, 0.29) is 10.9 Å². The SMILES string of the molecule is CN1CCN(c2c(N3CCN(c4ccc(Cl)cc4)CC3)c(=O)c2=O)CC1. The number of halogens is 1. The zero-order chi connectivity index (χ0) is 18.3. The molecule has 0 amide bonds. The van der Waals surface area contributed by atoms with Crippen molar-refractivity contribution in [1.29, 1.82) is 0 Å². The van der Waals surface area contributed by atoms with Crippen LogP contribution in [0.2, 0.25) is 5.02 Å². The molecule has 0 atom stereocenters. The van der Waals surface area contributed by atoms with E-state index in [9.17, 15) is 9.59 Å². The molecule has 138 valence electrons. The van der Waals surface area contributed by atoms with Crippen molar-refractivity contribution < 1.29 is 0 Å². The lowest BCUT2D eigenvalue weighted by molar-refractivity contribution is 0.312. The zero-order valence-corrected chi connectivity index (χ0v) is 15.7. The molecule has 0 radical (unpaired) electrons. The van der Waals surface area contributed by atoms with Gasteiger partial charge >= 0.3 is 0 Å². The molecule has 0 unspecified atom stereocenters. The minimum absolute atomic E-state index is 0.315. The quantitative estimate of drug-likeness (QED) is 0.747. The molecule has 2 aliphatic heterocycles. The first-order valence-corrected chi connectivity index (χ1v) is 9.44. The maximum Gasteiger partial charge on any atom is 0.253 e. The number of likely N-dealkylation sites (N-methyl/N-ethyl adjacent to an activating group) is 1. The Balaban J connectivity index is 1.47. The Labute approximate surface area is 157 Å². The molecule has 0 aromatic heterocycles. The second-order valence-electron chi connectivity index (χ2n) is 7.10. The average Bonchev–Trinajstić information content (AvgIpc) is 2.67. The van der Waals surface area contributed by atoms with Crippen LogP contribution in [0.1, 0.15) is 0 Å². The summed E-state index contributed by atoms with van der Waals surface area (Å²) in [5.41, 5.74) is 1.78. The number of benzene rings is 1. The fourth-order valence-electron chi connectivity index (χ4n) is 3.82. The van der Waals surface area contributed by atoms with Crippen LogP contribution in [-0.2, 0) is 0 Å². The Morgan fingerprint density at radius 3 is 1.62 bits per heavy atom. The van der Waals surface area contributed by atoms with Gasteiger partial charge in [-0.3, -0.25) is 9.59 Å². The molecule has 4 rings (SSSR count). The van der Waals surface area contributed by atoms with E-state index in [1.54, 1.807) is 0 Å². The number of piperazine rings is 2. The first kappa shape index (κ1) is 17.4. The van der Waals surface area contributed by atoms with Crippen molar-refractivity contribution in [2.75, 3.05) is 74.1 Å². The van der Waals surface area contributed by atoms with Gasteiger partial charge in [0, 0.05) is 63.1 Å². The lowest BCUT2D eigenvalue weighted by Crippen LogP contribution is -2.55. The van der Waals surface area contributed by atoms with Crippen molar-refractivity contribution in [2.24, 2.45) is 0 Å². The van der Waals surface area contributed by atoms with Gasteiger partial charge in [-0.2, -0.15) is 0 Å². The zero-order valence-electron chi connectivity index (χ0n) is 14.9. The summed E-state index contributed by atoms with van der Waals surface area (Å²) in [5, 5.41) is 0.730. The summed E-state index contributed by atoms with van der Waals surface area (Å²) in [6.45, 7) is 6.58. The third-order valence-electron chi connectivity index (χ3n) is 5.47. The van der Waals surface area contributed by atoms with Crippen LogP contribution in [0.4, 0.5) is 17.1 Å². The summed E-state index contributed by atoms with van der Waals surface area (Å²) in [6, 6.07) is 7.83. The Kier molecular flexibility index (Phi) is 4.63. The Morgan fingerprint density at radius 2 is 1.12 bits per heavy atom. The monoisotopic (exact) mass is 374 g/mol. The maximum absolute atomic E-state index is 12.3. The first-order valence-electron chi connectivity index (χ1n) is 9.07. The predicted molar refractivity (Wildman–Crippen MR) is 107 cm³/mol. The van der Waals surface area contributed by atoms with Crippen molar-refractivity contribution in [3.8, 4) is 0 Å². The van der Waals surface area contributed by atoms with Crippen LogP contribution in [0.3, 0.4) is 0 Å². The highest BCUT2D eigenvalue weighted by Gasteiger charge is 2.32. The van der Waals surface area contributed by atoms with Gasteiger partial charge in [-0.1, -0.05) is 11.6 Å². The Hall–Kier alpha value is -2.05. The van der Waals surface area contributed by atoms with Gasteiger partial charge in [0.1, 0.15) is 11.4 Å². The average molecular weight is 375 g/mol. The lowest BCUT2D eigenvalue weighted by Gasteiger charge is -2.41. The molecule has 0 bridgehead atoms. The summed E-state index contributed by atoms with van der Waals surface area (Å²) in [5.74, 6) is 0. The van der Waals surface area contributed by atoms with Crippen molar-refractivity contribution in [3.05, 3.63) is 49.7 Å². The van der Waals surface area contributed by atoms with Gasteiger partial charge in [0.25, 0.3) is 10.9 Å². The van der Waals surface area contributed by atoms with E-state index >= 15 is 0 Å². The molecule has 0 N–H and O–H groups in total. The van der Waals surface area contributed by atoms with E-state index in [4.69, 9.17) is 11.6 Å². The number of anilines is 3. The summed E-state index contributed by atoms with van der Waals surface area (Å²) in [4.78, 5) is 33.2. The van der Waals surface area contributed by atoms with Gasteiger partial charge in [-0.05, 0) is 31.3 Å². The van der Waals surface area contributed by atoms with E-state index in [0.29, 0.717) is 11.4 Å². The van der Waals surface area contributed by atoms with Gasteiger partial charge in [0.2, 0.25) is 0 Å². The summed E-state index contributed by atoms with van der Waals surface area (Å²) >= 11 is 5.96. The van der Waals surface area contributed by atoms with E-state index < -0.39 is 0 Å². The van der Waals surface area contributed by atoms with Gasteiger partial charge in [0.05, 0.1) is 0 Å². The Bertz CT molecular complexity index is 843. The van der Waals surface area contributed by atoms with E-state index in [1.165, 1.54) is 0 Å². The molecule has 0 spiro atoms. The number of rotatable bonds is 3. The van der Waals surface area contributed by atoms with Crippen molar-refractivity contribution >= 4 is 28.7 Å². The predicted octanol–water partition coefficient (Wildman–Crippen LogP) is 1.01. The maximum atomic E-state index is 12.3. The van der Waals surface area contributed by atoms with Gasteiger partial charge in [-0.15, -0.1) is 0 Å². The molecule has 2 aliphatic rings. The number of hydrogen-bond donors (Lipinski definition) is 0. The molecule has 0 aliphatic carbocycles. The van der Waals surface area contributed by atoms with Crippen LogP contribution in [-0.4, -0.2) is 64.3 Å². The third-order valence-corrected chi connectivity index (χ3v) is 5.72. The Morgan fingerprint density at radius 1 is 0.692 bits per heavy atom. The van der Waals surface area contributed by atoms with Gasteiger partial charge in [-0.25, -0.2) is 0 Å². The van der Waals surface area contributed by atoms with Crippen molar-refractivity contribution in [1.82, 2.24) is 4.90 Å². The highest BCUT2D eigenvalue weighted by Crippen LogP contribution is 2.27. The fraction of sp³-hybridized carbons (Fsp3) is 0.474. The lowest BCUT2D eigenvalue weighted by atomic mass is 10.1. The molecule has 0 saturated carbocycles. The minimum Gasteiger partial charge on any atom is -0.368 e. The second kappa shape index (κ2) is 6.93. The van der Waals surface area contributed by atoms with Crippen molar-refractivity contribution in [2.45, 2.75) is 0 Å². The molecular formula is C19H23ClN4O2. The molecule has 2 heterocycles. The first-order chi connectivity index (χ1) is 12.5. The highest BCUT2D eigenvalue weighted by molar-refractivity contribution is 6.30. The van der Waals surface area contributed by atoms with Crippen LogP contribution in [0.5, 0.6) is 0 Å². The van der Waals surface area contributed by atoms with Gasteiger partial charge < -0.3 is 19.6 Å². The summed E-state index contributed by atoms with van der Waals surface area (Å²) < 4.78 is 0.